The fraction of sp³-hybridized carbons (Fsp3) is 0.333. The van der Waals surface area contributed by atoms with Gasteiger partial charge in [-0.3, -0.25) is 4.79 Å². The number of hydrogen-bond acceptors (Lipinski definition) is 3. The maximum Gasteiger partial charge on any atom is 0.397 e. The summed E-state index contributed by atoms with van der Waals surface area (Å²) in [5, 5.41) is 0. The third-order valence-electron chi connectivity index (χ3n) is 2.15. The summed E-state index contributed by atoms with van der Waals surface area (Å²) in [5.74, 6) is -2.39. The third kappa shape index (κ3) is 3.03. The number of esters is 1. The Labute approximate surface area is 99.0 Å². The van der Waals surface area contributed by atoms with E-state index < -0.39 is 17.7 Å². The van der Waals surface area contributed by atoms with Gasteiger partial charge in [-0.15, -0.1) is 0 Å². The summed E-state index contributed by atoms with van der Waals surface area (Å²) in [6.45, 7) is 3.56. The number of anilines is 1. The number of hydrogen-bond donors (Lipinski definition) is 0. The molecule has 0 N–H and O–H groups in total. The first-order valence-corrected chi connectivity index (χ1v) is 5.35. The van der Waals surface area contributed by atoms with Crippen LogP contribution >= 0.6 is 0 Å². The number of ether oxygens (including phenoxy) is 1. The Balaban J connectivity index is 2.96. The second-order valence-electron chi connectivity index (χ2n) is 3.22. The normalized spacial score (nSPS) is 9.82. The van der Waals surface area contributed by atoms with Gasteiger partial charge in [0.15, 0.2) is 0 Å². The van der Waals surface area contributed by atoms with E-state index in [9.17, 15) is 14.0 Å². The first-order valence-electron chi connectivity index (χ1n) is 5.35. The Hall–Kier alpha value is -1.91. The van der Waals surface area contributed by atoms with Crippen molar-refractivity contribution < 1.29 is 18.7 Å². The van der Waals surface area contributed by atoms with Crippen LogP contribution in [0.3, 0.4) is 0 Å². The molecule has 0 atom stereocenters. The van der Waals surface area contributed by atoms with Crippen molar-refractivity contribution in [1.29, 1.82) is 0 Å². The molecule has 0 aliphatic heterocycles. The Kier molecular flexibility index (Phi) is 4.63. The highest BCUT2D eigenvalue weighted by molar-refractivity contribution is 6.38. The number of rotatable bonds is 3. The van der Waals surface area contributed by atoms with Crippen LogP contribution in [-0.4, -0.2) is 25.0 Å². The molecule has 5 heteroatoms. The molecule has 4 nitrogen and oxygen atoms in total. The predicted molar refractivity (Wildman–Crippen MR) is 61.1 cm³/mol. The van der Waals surface area contributed by atoms with Gasteiger partial charge in [0.05, 0.1) is 12.3 Å². The monoisotopic (exact) mass is 239 g/mol. The van der Waals surface area contributed by atoms with Crippen LogP contribution in [0.5, 0.6) is 0 Å². The maximum absolute atomic E-state index is 13.5. The second kappa shape index (κ2) is 5.98. The second-order valence-corrected chi connectivity index (χ2v) is 3.22. The van der Waals surface area contributed by atoms with Crippen LogP contribution in [-0.2, 0) is 14.3 Å². The van der Waals surface area contributed by atoms with Crippen LogP contribution < -0.4 is 4.90 Å². The van der Waals surface area contributed by atoms with Crippen LogP contribution in [0.1, 0.15) is 13.8 Å². The number of carbonyl (C=O) groups is 2. The summed E-state index contributed by atoms with van der Waals surface area (Å²) in [5.41, 5.74) is 0.0769. The number of para-hydroxylation sites is 1. The van der Waals surface area contributed by atoms with Crippen molar-refractivity contribution in [3.05, 3.63) is 30.1 Å². The summed E-state index contributed by atoms with van der Waals surface area (Å²) >= 11 is 0. The summed E-state index contributed by atoms with van der Waals surface area (Å²) in [6.07, 6.45) is 0. The highest BCUT2D eigenvalue weighted by Crippen LogP contribution is 2.18. The average molecular weight is 239 g/mol. The first-order chi connectivity index (χ1) is 8.11. The van der Waals surface area contributed by atoms with Gasteiger partial charge >= 0.3 is 11.9 Å². The van der Waals surface area contributed by atoms with E-state index in [4.69, 9.17) is 0 Å². The minimum atomic E-state index is -0.974. The molecule has 0 aliphatic rings. The molecule has 0 unspecified atom stereocenters. The Morgan fingerprint density at radius 1 is 1.29 bits per heavy atom. The van der Waals surface area contributed by atoms with Crippen molar-refractivity contribution in [3.8, 4) is 0 Å². The lowest BCUT2D eigenvalue weighted by molar-refractivity contribution is -0.153. The summed E-state index contributed by atoms with van der Waals surface area (Å²) in [6, 6.07) is 5.79. The lowest BCUT2D eigenvalue weighted by Gasteiger charge is -2.20. The lowest BCUT2D eigenvalue weighted by Crippen LogP contribution is -2.38. The van der Waals surface area contributed by atoms with Crippen molar-refractivity contribution in [2.75, 3.05) is 18.1 Å². The number of carbonyl (C=O) groups excluding carboxylic acids is 2. The highest BCUT2D eigenvalue weighted by Gasteiger charge is 2.24. The molecule has 0 spiro atoms. The minimum absolute atomic E-state index is 0.0769. The molecule has 92 valence electrons. The fourth-order valence-electron chi connectivity index (χ4n) is 1.40. The zero-order valence-corrected chi connectivity index (χ0v) is 9.77. The van der Waals surface area contributed by atoms with E-state index >= 15 is 0 Å². The number of halogens is 1. The molecule has 0 aromatic heterocycles. The van der Waals surface area contributed by atoms with E-state index in [0.29, 0.717) is 0 Å². The summed E-state index contributed by atoms with van der Waals surface area (Å²) in [7, 11) is 0. The highest BCUT2D eigenvalue weighted by atomic mass is 19.1. The molecule has 1 rings (SSSR count). The molecule has 1 aromatic carbocycles. The van der Waals surface area contributed by atoms with Gasteiger partial charge in [0.1, 0.15) is 5.82 Å². The largest absolute Gasteiger partial charge is 0.459 e. The van der Waals surface area contributed by atoms with E-state index in [0.717, 1.165) is 4.90 Å². The molecule has 0 radical (unpaired) electrons. The van der Waals surface area contributed by atoms with E-state index in [2.05, 4.69) is 4.74 Å². The topological polar surface area (TPSA) is 46.6 Å². The van der Waals surface area contributed by atoms with Gasteiger partial charge in [0.25, 0.3) is 0 Å². The number of likely N-dealkylation sites (N-methyl/N-ethyl adjacent to an activating group) is 1. The first kappa shape index (κ1) is 13.2. The van der Waals surface area contributed by atoms with Gasteiger partial charge in [-0.2, -0.15) is 0 Å². The molecule has 17 heavy (non-hydrogen) atoms. The molecule has 1 aromatic rings. The summed E-state index contributed by atoms with van der Waals surface area (Å²) in [4.78, 5) is 24.0. The molecule has 0 saturated carbocycles. The van der Waals surface area contributed by atoms with Crippen LogP contribution in [0.25, 0.3) is 0 Å². The van der Waals surface area contributed by atoms with Gasteiger partial charge in [-0.25, -0.2) is 9.18 Å². The van der Waals surface area contributed by atoms with Crippen LogP contribution in [0.4, 0.5) is 10.1 Å². The Bertz CT molecular complexity index is 420. The molecule has 0 bridgehead atoms. The number of benzene rings is 1. The third-order valence-corrected chi connectivity index (χ3v) is 2.15. The fourth-order valence-corrected chi connectivity index (χ4v) is 1.40. The quantitative estimate of drug-likeness (QED) is 0.596. The van der Waals surface area contributed by atoms with E-state index in [-0.39, 0.29) is 18.8 Å². The molecule has 0 aliphatic carbocycles. The van der Waals surface area contributed by atoms with E-state index in [1.165, 1.54) is 18.2 Å². The SMILES string of the molecule is CCOC(=O)C(=O)N(CC)c1ccccc1F. The van der Waals surface area contributed by atoms with Gasteiger partial charge in [-0.1, -0.05) is 12.1 Å². The molecular weight excluding hydrogens is 225 g/mol. The number of amides is 1. The lowest BCUT2D eigenvalue weighted by atomic mass is 10.2. The zero-order valence-electron chi connectivity index (χ0n) is 9.77. The molecule has 0 saturated heterocycles. The van der Waals surface area contributed by atoms with Crippen LogP contribution in [0.2, 0.25) is 0 Å². The average Bonchev–Trinajstić information content (AvgIpc) is 2.32. The van der Waals surface area contributed by atoms with Gasteiger partial charge < -0.3 is 9.64 Å². The van der Waals surface area contributed by atoms with Crippen molar-refractivity contribution >= 4 is 17.6 Å². The number of nitrogens with zero attached hydrogens (tertiary/aromatic N) is 1. The molecule has 0 fully saturated rings. The Morgan fingerprint density at radius 3 is 2.47 bits per heavy atom. The molecular formula is C12H14FNO3. The van der Waals surface area contributed by atoms with Gasteiger partial charge in [-0.05, 0) is 26.0 Å². The van der Waals surface area contributed by atoms with Gasteiger partial charge in [0, 0.05) is 6.54 Å². The molecule has 1 amide bonds. The van der Waals surface area contributed by atoms with Crippen molar-refractivity contribution in [1.82, 2.24) is 0 Å². The zero-order chi connectivity index (χ0) is 12.8. The van der Waals surface area contributed by atoms with Gasteiger partial charge in [0.2, 0.25) is 0 Å². The van der Waals surface area contributed by atoms with E-state index in [1.54, 1.807) is 19.9 Å². The minimum Gasteiger partial charge on any atom is -0.459 e. The van der Waals surface area contributed by atoms with E-state index in [1.807, 2.05) is 0 Å². The molecule has 0 heterocycles. The predicted octanol–water partition coefficient (Wildman–Crippen LogP) is 1.74. The van der Waals surface area contributed by atoms with Crippen LogP contribution in [0.15, 0.2) is 24.3 Å². The van der Waals surface area contributed by atoms with Crippen molar-refractivity contribution in [3.63, 3.8) is 0 Å². The van der Waals surface area contributed by atoms with Crippen molar-refractivity contribution in [2.24, 2.45) is 0 Å². The summed E-state index contributed by atoms with van der Waals surface area (Å²) < 4.78 is 18.1. The van der Waals surface area contributed by atoms with Crippen LogP contribution in [0, 0.1) is 5.82 Å². The standard InChI is InChI=1S/C12H14FNO3/c1-3-14(11(15)12(16)17-4-2)10-8-6-5-7-9(10)13/h5-8H,3-4H2,1-2H3. The van der Waals surface area contributed by atoms with Crippen molar-refractivity contribution in [2.45, 2.75) is 13.8 Å². The Morgan fingerprint density at radius 2 is 1.94 bits per heavy atom. The maximum atomic E-state index is 13.5. The smallest absolute Gasteiger partial charge is 0.397 e.